The molecule has 3 heterocycles. The first kappa shape index (κ1) is 16.4. The van der Waals surface area contributed by atoms with Gasteiger partial charge in [-0.15, -0.1) is 11.8 Å². The molecule has 3 rings (SSSR count). The molecule has 2 fully saturated rings. The summed E-state index contributed by atoms with van der Waals surface area (Å²) in [4.78, 5) is 40.2. The van der Waals surface area contributed by atoms with Crippen LogP contribution < -0.4 is 5.56 Å². The molecule has 1 aromatic rings. The van der Waals surface area contributed by atoms with Crippen LogP contribution >= 0.6 is 23.5 Å². The number of carbonyl (C=O) groups excluding carboxylic acids is 2. The number of rotatable bonds is 2. The molecule has 0 saturated carbocycles. The minimum Gasteiger partial charge on any atom is -0.339 e. The Morgan fingerprint density at radius 2 is 1.96 bits per heavy atom. The fourth-order valence-electron chi connectivity index (χ4n) is 2.61. The Morgan fingerprint density at radius 1 is 1.22 bits per heavy atom. The van der Waals surface area contributed by atoms with E-state index in [9.17, 15) is 14.4 Å². The van der Waals surface area contributed by atoms with Crippen LogP contribution in [0.1, 0.15) is 10.5 Å². The Bertz CT molecular complexity index is 672. The highest BCUT2D eigenvalue weighted by molar-refractivity contribution is 7.99. The SMILES string of the molecule is Cn1nc(C(=O)N2CSCC2C(=O)N2CCSCC2)ccc1=O. The van der Waals surface area contributed by atoms with Crippen molar-refractivity contribution in [2.45, 2.75) is 6.04 Å². The lowest BCUT2D eigenvalue weighted by molar-refractivity contribution is -0.134. The van der Waals surface area contributed by atoms with Crippen molar-refractivity contribution in [2.75, 3.05) is 36.2 Å². The Hall–Kier alpha value is -1.48. The standard InChI is InChI=1S/C14H18N4O3S2/c1-16-12(19)3-2-10(15-16)13(20)18-9-23-8-11(18)14(21)17-4-6-22-7-5-17/h2-3,11H,4-9H2,1H3. The van der Waals surface area contributed by atoms with Gasteiger partial charge in [0.1, 0.15) is 11.7 Å². The van der Waals surface area contributed by atoms with Gasteiger partial charge < -0.3 is 9.80 Å². The molecule has 2 aliphatic heterocycles. The van der Waals surface area contributed by atoms with Crippen molar-refractivity contribution in [1.82, 2.24) is 19.6 Å². The quantitative estimate of drug-likeness (QED) is 0.737. The molecular weight excluding hydrogens is 336 g/mol. The summed E-state index contributed by atoms with van der Waals surface area (Å²) in [5.74, 6) is 2.70. The fraction of sp³-hybridized carbons (Fsp3) is 0.571. The summed E-state index contributed by atoms with van der Waals surface area (Å²) in [7, 11) is 1.51. The molecule has 2 saturated heterocycles. The van der Waals surface area contributed by atoms with Crippen LogP contribution in [0.5, 0.6) is 0 Å². The summed E-state index contributed by atoms with van der Waals surface area (Å²) >= 11 is 3.41. The van der Waals surface area contributed by atoms with Gasteiger partial charge in [0.2, 0.25) is 5.91 Å². The molecular formula is C14H18N4O3S2. The van der Waals surface area contributed by atoms with Crippen LogP contribution in [0.15, 0.2) is 16.9 Å². The second-order valence-corrected chi connectivity index (χ2v) is 7.63. The van der Waals surface area contributed by atoms with Crippen molar-refractivity contribution < 1.29 is 9.59 Å². The summed E-state index contributed by atoms with van der Waals surface area (Å²) in [5, 5.41) is 4.00. The zero-order valence-corrected chi connectivity index (χ0v) is 14.4. The van der Waals surface area contributed by atoms with Crippen molar-refractivity contribution in [3.05, 3.63) is 28.2 Å². The molecule has 124 valence electrons. The molecule has 0 bridgehead atoms. The molecule has 0 aromatic carbocycles. The average molecular weight is 354 g/mol. The highest BCUT2D eigenvalue weighted by Crippen LogP contribution is 2.25. The van der Waals surface area contributed by atoms with Crippen LogP contribution in [0.3, 0.4) is 0 Å². The second-order valence-electron chi connectivity index (χ2n) is 5.41. The predicted molar refractivity (Wildman–Crippen MR) is 90.7 cm³/mol. The van der Waals surface area contributed by atoms with Gasteiger partial charge in [-0.2, -0.15) is 16.9 Å². The van der Waals surface area contributed by atoms with E-state index in [1.807, 2.05) is 16.7 Å². The van der Waals surface area contributed by atoms with Gasteiger partial charge in [0.15, 0.2) is 0 Å². The van der Waals surface area contributed by atoms with Crippen LogP contribution in [0.2, 0.25) is 0 Å². The number of aryl methyl sites for hydroxylation is 1. The normalized spacial score (nSPS) is 21.5. The van der Waals surface area contributed by atoms with Gasteiger partial charge in [0.05, 0.1) is 5.88 Å². The molecule has 0 aliphatic carbocycles. The number of amides is 2. The molecule has 7 nitrogen and oxygen atoms in total. The average Bonchev–Trinajstić information content (AvgIpc) is 3.06. The molecule has 1 aromatic heterocycles. The molecule has 0 N–H and O–H groups in total. The predicted octanol–water partition coefficient (Wildman–Crippen LogP) is -0.129. The van der Waals surface area contributed by atoms with Crippen molar-refractivity contribution >= 4 is 35.3 Å². The van der Waals surface area contributed by atoms with Gasteiger partial charge >= 0.3 is 0 Å². The van der Waals surface area contributed by atoms with Gasteiger partial charge in [-0.1, -0.05) is 0 Å². The van der Waals surface area contributed by atoms with E-state index in [1.165, 1.54) is 19.2 Å². The third-order valence-electron chi connectivity index (χ3n) is 3.93. The maximum atomic E-state index is 12.7. The number of hydrogen-bond donors (Lipinski definition) is 0. The monoisotopic (exact) mass is 354 g/mol. The molecule has 23 heavy (non-hydrogen) atoms. The smallest absolute Gasteiger partial charge is 0.275 e. The number of nitrogens with zero attached hydrogens (tertiary/aromatic N) is 4. The van der Waals surface area contributed by atoms with E-state index < -0.39 is 6.04 Å². The van der Waals surface area contributed by atoms with E-state index in [0.717, 1.165) is 29.3 Å². The first-order valence-corrected chi connectivity index (χ1v) is 9.68. The van der Waals surface area contributed by atoms with Crippen LogP contribution in [-0.2, 0) is 11.8 Å². The summed E-state index contributed by atoms with van der Waals surface area (Å²) in [6.45, 7) is 1.48. The Balaban J connectivity index is 1.77. The Kier molecular flexibility index (Phi) is 4.96. The Labute approximate surface area is 142 Å². The van der Waals surface area contributed by atoms with Crippen molar-refractivity contribution in [3.8, 4) is 0 Å². The van der Waals surface area contributed by atoms with Crippen LogP contribution in [0.25, 0.3) is 0 Å². The van der Waals surface area contributed by atoms with E-state index >= 15 is 0 Å². The lowest BCUT2D eigenvalue weighted by Crippen LogP contribution is -2.51. The van der Waals surface area contributed by atoms with E-state index in [0.29, 0.717) is 11.6 Å². The second kappa shape index (κ2) is 6.96. The zero-order valence-electron chi connectivity index (χ0n) is 12.8. The fourth-order valence-corrected chi connectivity index (χ4v) is 4.65. The van der Waals surface area contributed by atoms with Crippen molar-refractivity contribution in [1.29, 1.82) is 0 Å². The minimum absolute atomic E-state index is 0.0217. The molecule has 2 aliphatic rings. The molecule has 0 radical (unpaired) electrons. The highest BCUT2D eigenvalue weighted by Gasteiger charge is 2.38. The van der Waals surface area contributed by atoms with E-state index in [4.69, 9.17) is 0 Å². The molecule has 2 amide bonds. The molecule has 1 atom stereocenters. The van der Waals surface area contributed by atoms with Crippen molar-refractivity contribution in [3.63, 3.8) is 0 Å². The summed E-state index contributed by atoms with van der Waals surface area (Å²) in [6.07, 6.45) is 0. The summed E-state index contributed by atoms with van der Waals surface area (Å²) in [6, 6.07) is 2.31. The van der Waals surface area contributed by atoms with E-state index in [2.05, 4.69) is 5.10 Å². The first-order chi connectivity index (χ1) is 11.1. The van der Waals surface area contributed by atoms with Crippen LogP contribution in [0.4, 0.5) is 0 Å². The van der Waals surface area contributed by atoms with Gasteiger partial charge in [0.25, 0.3) is 11.5 Å². The van der Waals surface area contributed by atoms with E-state index in [-0.39, 0.29) is 23.1 Å². The third kappa shape index (κ3) is 3.40. The number of aromatic nitrogens is 2. The zero-order chi connectivity index (χ0) is 16.4. The van der Waals surface area contributed by atoms with Crippen LogP contribution in [-0.4, -0.2) is 73.7 Å². The number of carbonyl (C=O) groups is 2. The number of hydrogen-bond acceptors (Lipinski definition) is 6. The molecule has 9 heteroatoms. The first-order valence-electron chi connectivity index (χ1n) is 7.37. The van der Waals surface area contributed by atoms with Crippen molar-refractivity contribution in [2.24, 2.45) is 7.05 Å². The van der Waals surface area contributed by atoms with Gasteiger partial charge in [0, 0.05) is 43.5 Å². The Morgan fingerprint density at radius 3 is 2.65 bits per heavy atom. The topological polar surface area (TPSA) is 75.5 Å². The minimum atomic E-state index is -0.436. The number of thioether (sulfide) groups is 2. The summed E-state index contributed by atoms with van der Waals surface area (Å²) in [5.41, 5.74) is -0.0719. The highest BCUT2D eigenvalue weighted by atomic mass is 32.2. The molecule has 1 unspecified atom stereocenters. The maximum absolute atomic E-state index is 12.7. The van der Waals surface area contributed by atoms with Crippen LogP contribution in [0, 0.1) is 0 Å². The third-order valence-corrected chi connectivity index (χ3v) is 5.89. The molecule has 0 spiro atoms. The lowest BCUT2D eigenvalue weighted by Gasteiger charge is -2.31. The largest absolute Gasteiger partial charge is 0.339 e. The van der Waals surface area contributed by atoms with E-state index in [1.54, 1.807) is 16.7 Å². The van der Waals surface area contributed by atoms with Gasteiger partial charge in [-0.3, -0.25) is 14.4 Å². The van der Waals surface area contributed by atoms with Gasteiger partial charge in [-0.25, -0.2) is 4.68 Å². The summed E-state index contributed by atoms with van der Waals surface area (Å²) < 4.78 is 1.13. The lowest BCUT2D eigenvalue weighted by atomic mass is 10.2. The van der Waals surface area contributed by atoms with Gasteiger partial charge in [-0.05, 0) is 6.07 Å². The maximum Gasteiger partial charge on any atom is 0.275 e.